The number of fused-ring (bicyclic) bond motifs is 1. The molecule has 1 aromatic carbocycles. The molecule has 19 heavy (non-hydrogen) atoms. The smallest absolute Gasteiger partial charge is 0.258 e. The summed E-state index contributed by atoms with van der Waals surface area (Å²) in [4.78, 5) is 15.9. The third kappa shape index (κ3) is 2.15. The van der Waals surface area contributed by atoms with Gasteiger partial charge in [0.05, 0.1) is 16.1 Å². The summed E-state index contributed by atoms with van der Waals surface area (Å²) in [6.45, 7) is 0. The zero-order chi connectivity index (χ0) is 13.2. The summed E-state index contributed by atoms with van der Waals surface area (Å²) < 4.78 is 0. The van der Waals surface area contributed by atoms with E-state index in [4.69, 9.17) is 11.6 Å². The predicted molar refractivity (Wildman–Crippen MR) is 73.3 cm³/mol. The molecule has 6 heteroatoms. The lowest BCUT2D eigenvalue weighted by Crippen LogP contribution is -2.12. The van der Waals surface area contributed by atoms with Crippen molar-refractivity contribution in [1.82, 2.24) is 15.2 Å². The highest BCUT2D eigenvalue weighted by Gasteiger charge is 2.12. The Morgan fingerprint density at radius 3 is 2.95 bits per heavy atom. The van der Waals surface area contributed by atoms with Gasteiger partial charge in [-0.2, -0.15) is 5.10 Å². The Morgan fingerprint density at radius 1 is 1.26 bits per heavy atom. The van der Waals surface area contributed by atoms with Gasteiger partial charge in [-0.25, -0.2) is 0 Å². The summed E-state index contributed by atoms with van der Waals surface area (Å²) in [5.74, 6) is 0.188. The average molecular weight is 273 g/mol. The third-order valence-corrected chi connectivity index (χ3v) is 3.02. The van der Waals surface area contributed by atoms with Crippen molar-refractivity contribution < 1.29 is 4.79 Å². The first kappa shape index (κ1) is 11.7. The van der Waals surface area contributed by atoms with Crippen molar-refractivity contribution in [1.29, 1.82) is 0 Å². The standard InChI is InChI=1S/C13H9ClN4O/c14-10-5-1-4-9-11(10)17-18-12(9)16-13(19)8-3-2-6-15-7-8/h1-7H,(H2,16,17,18,19). The highest BCUT2D eigenvalue weighted by atomic mass is 35.5. The maximum absolute atomic E-state index is 12.0. The van der Waals surface area contributed by atoms with Crippen LogP contribution in [0.4, 0.5) is 5.82 Å². The van der Waals surface area contributed by atoms with Crippen LogP contribution in [0.5, 0.6) is 0 Å². The van der Waals surface area contributed by atoms with Gasteiger partial charge in [0.25, 0.3) is 5.91 Å². The topological polar surface area (TPSA) is 70.7 Å². The normalized spacial score (nSPS) is 10.6. The summed E-state index contributed by atoms with van der Waals surface area (Å²) in [6, 6.07) is 8.79. The lowest BCUT2D eigenvalue weighted by atomic mass is 10.2. The summed E-state index contributed by atoms with van der Waals surface area (Å²) in [5.41, 5.74) is 1.17. The van der Waals surface area contributed by atoms with Crippen molar-refractivity contribution in [2.24, 2.45) is 0 Å². The molecule has 2 aromatic heterocycles. The zero-order valence-corrected chi connectivity index (χ0v) is 10.5. The first-order valence-electron chi connectivity index (χ1n) is 5.59. The van der Waals surface area contributed by atoms with Crippen molar-refractivity contribution >= 4 is 34.2 Å². The lowest BCUT2D eigenvalue weighted by Gasteiger charge is -2.01. The van der Waals surface area contributed by atoms with Gasteiger partial charge >= 0.3 is 0 Å². The quantitative estimate of drug-likeness (QED) is 0.753. The second-order valence-electron chi connectivity index (χ2n) is 3.93. The minimum absolute atomic E-state index is 0.263. The molecule has 5 nitrogen and oxygen atoms in total. The van der Waals surface area contributed by atoms with E-state index in [1.165, 1.54) is 6.20 Å². The highest BCUT2D eigenvalue weighted by Crippen LogP contribution is 2.26. The molecule has 0 bridgehead atoms. The Bertz CT molecular complexity index is 739. The molecule has 3 aromatic rings. The molecular weight excluding hydrogens is 264 g/mol. The second kappa shape index (κ2) is 4.70. The fraction of sp³-hybridized carbons (Fsp3) is 0. The fourth-order valence-electron chi connectivity index (χ4n) is 1.78. The molecule has 0 radical (unpaired) electrons. The maximum atomic E-state index is 12.0. The molecule has 2 N–H and O–H groups in total. The van der Waals surface area contributed by atoms with E-state index in [1.807, 2.05) is 6.07 Å². The van der Waals surface area contributed by atoms with Crippen LogP contribution in [0.15, 0.2) is 42.7 Å². The van der Waals surface area contributed by atoms with Gasteiger partial charge in [0.15, 0.2) is 5.82 Å². The van der Waals surface area contributed by atoms with E-state index in [0.717, 1.165) is 5.39 Å². The molecule has 1 amide bonds. The van der Waals surface area contributed by atoms with E-state index in [2.05, 4.69) is 20.5 Å². The van der Waals surface area contributed by atoms with Gasteiger partial charge in [-0.3, -0.25) is 14.9 Å². The van der Waals surface area contributed by atoms with Crippen LogP contribution in [0.3, 0.4) is 0 Å². The van der Waals surface area contributed by atoms with E-state index in [-0.39, 0.29) is 5.91 Å². The number of aromatic nitrogens is 3. The molecule has 0 saturated heterocycles. The summed E-state index contributed by atoms with van der Waals surface area (Å²) >= 11 is 6.03. The van der Waals surface area contributed by atoms with E-state index in [1.54, 1.807) is 30.5 Å². The predicted octanol–water partition coefficient (Wildman–Crippen LogP) is 2.86. The number of rotatable bonds is 2. The largest absolute Gasteiger partial charge is 0.305 e. The second-order valence-corrected chi connectivity index (χ2v) is 4.34. The van der Waals surface area contributed by atoms with Gasteiger partial charge in [0.1, 0.15) is 0 Å². The molecule has 0 fully saturated rings. The number of amides is 1. The first-order chi connectivity index (χ1) is 9.25. The van der Waals surface area contributed by atoms with Crippen LogP contribution in [0.2, 0.25) is 5.02 Å². The van der Waals surface area contributed by atoms with E-state index < -0.39 is 0 Å². The van der Waals surface area contributed by atoms with Crippen LogP contribution in [0, 0.1) is 0 Å². The highest BCUT2D eigenvalue weighted by molar-refractivity contribution is 6.35. The number of benzene rings is 1. The lowest BCUT2D eigenvalue weighted by molar-refractivity contribution is 0.102. The molecule has 94 valence electrons. The van der Waals surface area contributed by atoms with Gasteiger partial charge in [-0.15, -0.1) is 0 Å². The van der Waals surface area contributed by atoms with E-state index in [9.17, 15) is 4.79 Å². The number of halogens is 1. The van der Waals surface area contributed by atoms with Gasteiger partial charge in [0.2, 0.25) is 0 Å². The summed E-state index contributed by atoms with van der Waals surface area (Å²) in [7, 11) is 0. The Hall–Kier alpha value is -2.40. The average Bonchev–Trinajstić information content (AvgIpc) is 2.84. The number of pyridine rings is 1. The van der Waals surface area contributed by atoms with Crippen molar-refractivity contribution in [2.75, 3.05) is 5.32 Å². The number of hydrogen-bond acceptors (Lipinski definition) is 3. The van der Waals surface area contributed by atoms with Crippen molar-refractivity contribution in [3.63, 3.8) is 0 Å². The molecular formula is C13H9ClN4O. The summed E-state index contributed by atoms with van der Waals surface area (Å²) in [5, 5.41) is 10.9. The number of anilines is 1. The third-order valence-electron chi connectivity index (χ3n) is 2.70. The summed E-state index contributed by atoms with van der Waals surface area (Å²) in [6.07, 6.45) is 3.11. The molecule has 2 heterocycles. The zero-order valence-electron chi connectivity index (χ0n) is 9.72. The van der Waals surface area contributed by atoms with Crippen LogP contribution in [0.1, 0.15) is 10.4 Å². The monoisotopic (exact) mass is 272 g/mol. The molecule has 0 aliphatic carbocycles. The first-order valence-corrected chi connectivity index (χ1v) is 5.97. The van der Waals surface area contributed by atoms with Crippen LogP contribution < -0.4 is 5.32 Å². The number of aromatic amines is 1. The van der Waals surface area contributed by atoms with Crippen LogP contribution in [-0.2, 0) is 0 Å². The maximum Gasteiger partial charge on any atom is 0.258 e. The van der Waals surface area contributed by atoms with Gasteiger partial charge in [-0.05, 0) is 24.3 Å². The van der Waals surface area contributed by atoms with Crippen LogP contribution >= 0.6 is 11.6 Å². The SMILES string of the molecule is O=C(Nc1n[nH]c2c(Cl)cccc12)c1cccnc1. The number of hydrogen-bond donors (Lipinski definition) is 2. The minimum atomic E-state index is -0.263. The van der Waals surface area contributed by atoms with Gasteiger partial charge < -0.3 is 5.32 Å². The van der Waals surface area contributed by atoms with Crippen LogP contribution in [0.25, 0.3) is 10.9 Å². The number of para-hydroxylation sites is 1. The number of carbonyl (C=O) groups is 1. The Kier molecular flexibility index (Phi) is 2.89. The Balaban J connectivity index is 1.94. The molecule has 0 unspecified atom stereocenters. The molecule has 0 atom stereocenters. The number of nitrogens with zero attached hydrogens (tertiary/aromatic N) is 2. The van der Waals surface area contributed by atoms with Gasteiger partial charge in [-0.1, -0.05) is 17.7 Å². The molecule has 0 spiro atoms. The van der Waals surface area contributed by atoms with Crippen molar-refractivity contribution in [3.8, 4) is 0 Å². The molecule has 3 rings (SSSR count). The van der Waals surface area contributed by atoms with E-state index >= 15 is 0 Å². The van der Waals surface area contributed by atoms with Crippen molar-refractivity contribution in [3.05, 3.63) is 53.3 Å². The minimum Gasteiger partial charge on any atom is -0.305 e. The van der Waals surface area contributed by atoms with Gasteiger partial charge in [0, 0.05) is 17.8 Å². The van der Waals surface area contributed by atoms with E-state index in [0.29, 0.717) is 21.9 Å². The van der Waals surface area contributed by atoms with Crippen LogP contribution in [-0.4, -0.2) is 21.1 Å². The number of carbonyl (C=O) groups excluding carboxylic acids is 1. The fourth-order valence-corrected chi connectivity index (χ4v) is 2.00. The molecule has 0 saturated carbocycles. The molecule has 0 aliphatic rings. The molecule has 0 aliphatic heterocycles. The number of nitrogens with one attached hydrogen (secondary N) is 2. The Morgan fingerprint density at radius 2 is 2.16 bits per heavy atom. The Labute approximate surface area is 113 Å². The van der Waals surface area contributed by atoms with Crippen molar-refractivity contribution in [2.45, 2.75) is 0 Å². The number of H-pyrrole nitrogens is 1.